The molecule has 6 nitrogen and oxygen atoms in total. The number of allylic oxidation sites excluding steroid dienone is 5. The molecule has 0 saturated heterocycles. The van der Waals surface area contributed by atoms with Gasteiger partial charge in [0.25, 0.3) is 0 Å². The Morgan fingerprint density at radius 2 is 0.944 bits per heavy atom. The lowest BCUT2D eigenvalue weighted by Gasteiger charge is -2.20. The molecule has 0 aliphatic carbocycles. The lowest BCUT2D eigenvalue weighted by Crippen LogP contribution is -2.45. The predicted octanol–water partition coefficient (Wildman–Crippen LogP) is 13.3. The van der Waals surface area contributed by atoms with Crippen LogP contribution in [0.25, 0.3) is 0 Å². The molecule has 0 saturated carbocycles. The largest absolute Gasteiger partial charge is 0.466 e. The number of carbonyl (C=O) groups is 2. The first-order valence-corrected chi connectivity index (χ1v) is 23.3. The lowest BCUT2D eigenvalue weighted by molar-refractivity contribution is -0.143. The molecule has 316 valence electrons. The molecular weight excluding hydrogens is 671 g/mol. The highest BCUT2D eigenvalue weighted by atomic mass is 16.5. The Balaban J connectivity index is 3.56. The summed E-state index contributed by atoms with van der Waals surface area (Å²) in [6, 6.07) is -0.648. The van der Waals surface area contributed by atoms with E-state index in [1.54, 1.807) is 6.08 Å². The molecule has 0 rings (SSSR count). The summed E-state index contributed by atoms with van der Waals surface area (Å²) >= 11 is 0. The monoisotopic (exact) mass is 760 g/mol. The van der Waals surface area contributed by atoms with Crippen LogP contribution in [0.2, 0.25) is 0 Å². The zero-order valence-electron chi connectivity index (χ0n) is 35.7. The topological polar surface area (TPSA) is 95.9 Å². The molecule has 0 fully saturated rings. The van der Waals surface area contributed by atoms with E-state index in [4.69, 9.17) is 4.74 Å². The maximum atomic E-state index is 12.4. The smallest absolute Gasteiger partial charge is 0.305 e. The molecule has 0 radical (unpaired) electrons. The van der Waals surface area contributed by atoms with Crippen LogP contribution in [0.4, 0.5) is 0 Å². The van der Waals surface area contributed by atoms with Crippen molar-refractivity contribution in [3.63, 3.8) is 0 Å². The Labute approximate surface area is 334 Å². The number of aliphatic hydroxyl groups is 2. The summed E-state index contributed by atoms with van der Waals surface area (Å²) in [5.41, 5.74) is 0. The van der Waals surface area contributed by atoms with Crippen LogP contribution in [0.5, 0.6) is 0 Å². The number of nitrogens with one attached hydrogen (secondary N) is 1. The number of hydrogen-bond acceptors (Lipinski definition) is 5. The van der Waals surface area contributed by atoms with Crippen LogP contribution in [0.15, 0.2) is 36.5 Å². The summed E-state index contributed by atoms with van der Waals surface area (Å²) < 4.78 is 5.43. The quantitative estimate of drug-likeness (QED) is 0.0327. The second kappa shape index (κ2) is 43.8. The van der Waals surface area contributed by atoms with Crippen LogP contribution in [-0.2, 0) is 14.3 Å². The minimum Gasteiger partial charge on any atom is -0.466 e. The van der Waals surface area contributed by atoms with Crippen molar-refractivity contribution in [2.45, 2.75) is 244 Å². The van der Waals surface area contributed by atoms with E-state index in [0.717, 1.165) is 70.6 Å². The van der Waals surface area contributed by atoms with Crippen molar-refractivity contribution in [2.24, 2.45) is 0 Å². The summed E-state index contributed by atoms with van der Waals surface area (Å²) in [4.78, 5) is 24.4. The molecule has 1 amide bonds. The zero-order chi connectivity index (χ0) is 39.4. The van der Waals surface area contributed by atoms with Gasteiger partial charge in [0, 0.05) is 12.8 Å². The molecule has 2 unspecified atom stereocenters. The fraction of sp³-hybridized carbons (Fsp3) is 0.833. The Hall–Kier alpha value is -1.92. The molecule has 0 aromatic rings. The van der Waals surface area contributed by atoms with Crippen LogP contribution in [-0.4, -0.2) is 47.4 Å². The van der Waals surface area contributed by atoms with Crippen molar-refractivity contribution in [2.75, 3.05) is 13.2 Å². The molecular formula is C48H89NO5. The highest BCUT2D eigenvalue weighted by Gasteiger charge is 2.18. The Morgan fingerprint density at radius 1 is 0.519 bits per heavy atom. The van der Waals surface area contributed by atoms with Crippen LogP contribution in [0.1, 0.15) is 232 Å². The van der Waals surface area contributed by atoms with Crippen molar-refractivity contribution in [1.29, 1.82) is 0 Å². The van der Waals surface area contributed by atoms with Gasteiger partial charge in [0.15, 0.2) is 0 Å². The van der Waals surface area contributed by atoms with Gasteiger partial charge in [-0.25, -0.2) is 0 Å². The Bertz CT molecular complexity index is 884. The van der Waals surface area contributed by atoms with Gasteiger partial charge in [-0.2, -0.15) is 0 Å². The molecule has 0 aromatic carbocycles. The van der Waals surface area contributed by atoms with Gasteiger partial charge in [-0.05, 0) is 57.8 Å². The molecule has 0 aromatic heterocycles. The van der Waals surface area contributed by atoms with E-state index in [1.165, 1.54) is 135 Å². The third kappa shape index (κ3) is 39.8. The summed E-state index contributed by atoms with van der Waals surface area (Å²) in [7, 11) is 0. The fourth-order valence-corrected chi connectivity index (χ4v) is 6.76. The molecule has 6 heteroatoms. The number of rotatable bonds is 42. The third-order valence-electron chi connectivity index (χ3n) is 10.4. The Morgan fingerprint density at radius 3 is 1.46 bits per heavy atom. The average molecular weight is 760 g/mol. The van der Waals surface area contributed by atoms with Gasteiger partial charge < -0.3 is 20.3 Å². The number of esters is 1. The van der Waals surface area contributed by atoms with Crippen molar-refractivity contribution in [3.05, 3.63) is 36.5 Å². The van der Waals surface area contributed by atoms with Crippen molar-refractivity contribution in [1.82, 2.24) is 5.32 Å². The second-order valence-corrected chi connectivity index (χ2v) is 15.7. The Kier molecular flexibility index (Phi) is 42.2. The van der Waals surface area contributed by atoms with Crippen LogP contribution >= 0.6 is 0 Å². The van der Waals surface area contributed by atoms with Crippen LogP contribution < -0.4 is 5.32 Å². The summed E-state index contributed by atoms with van der Waals surface area (Å²) in [6.07, 6.45) is 51.2. The van der Waals surface area contributed by atoms with Gasteiger partial charge in [0.2, 0.25) is 5.91 Å². The standard InChI is InChI=1S/C48H89NO5/c1-3-5-7-9-11-13-15-17-19-21-24-28-32-36-40-46(51)45(44-50)49-47(52)41-37-33-29-25-23-27-31-35-39-43-54-48(53)42-38-34-30-26-22-20-18-16-14-12-10-8-6-4-2/h10,12,16,18,36,40,45-46,50-51H,3-9,11,13-15,17,19-35,37-39,41-44H2,1-2H3,(H,49,52)/b12-10-,18-16-,40-36+. The lowest BCUT2D eigenvalue weighted by atomic mass is 10.0. The highest BCUT2D eigenvalue weighted by molar-refractivity contribution is 5.76. The van der Waals surface area contributed by atoms with E-state index in [2.05, 4.69) is 43.5 Å². The first-order valence-electron chi connectivity index (χ1n) is 23.3. The van der Waals surface area contributed by atoms with E-state index in [0.29, 0.717) is 19.4 Å². The number of ether oxygens (including phenoxy) is 1. The van der Waals surface area contributed by atoms with E-state index in [9.17, 15) is 19.8 Å². The number of hydrogen-bond donors (Lipinski definition) is 3. The van der Waals surface area contributed by atoms with E-state index >= 15 is 0 Å². The zero-order valence-corrected chi connectivity index (χ0v) is 35.7. The summed E-state index contributed by atoms with van der Waals surface area (Å²) in [5.74, 6) is -0.141. The van der Waals surface area contributed by atoms with E-state index in [-0.39, 0.29) is 18.5 Å². The molecule has 0 spiro atoms. The van der Waals surface area contributed by atoms with Crippen LogP contribution in [0.3, 0.4) is 0 Å². The maximum Gasteiger partial charge on any atom is 0.305 e. The van der Waals surface area contributed by atoms with E-state index < -0.39 is 12.1 Å². The number of unbranched alkanes of at least 4 members (excludes halogenated alkanes) is 27. The van der Waals surface area contributed by atoms with Crippen molar-refractivity contribution < 1.29 is 24.5 Å². The van der Waals surface area contributed by atoms with Crippen molar-refractivity contribution in [3.8, 4) is 0 Å². The van der Waals surface area contributed by atoms with Gasteiger partial charge in [-0.3, -0.25) is 9.59 Å². The molecule has 0 heterocycles. The first-order chi connectivity index (χ1) is 26.5. The van der Waals surface area contributed by atoms with E-state index in [1.807, 2.05) is 6.08 Å². The molecule has 3 N–H and O–H groups in total. The maximum absolute atomic E-state index is 12.4. The minimum atomic E-state index is -0.862. The predicted molar refractivity (Wildman–Crippen MR) is 232 cm³/mol. The van der Waals surface area contributed by atoms with Gasteiger partial charge in [-0.15, -0.1) is 0 Å². The minimum absolute atomic E-state index is 0.0428. The van der Waals surface area contributed by atoms with Crippen molar-refractivity contribution >= 4 is 11.9 Å². The summed E-state index contributed by atoms with van der Waals surface area (Å²) in [6.45, 7) is 4.77. The van der Waals surface area contributed by atoms with Gasteiger partial charge in [-0.1, -0.05) is 198 Å². The average Bonchev–Trinajstić information content (AvgIpc) is 3.17. The summed E-state index contributed by atoms with van der Waals surface area (Å²) in [5, 5.41) is 23.0. The number of aliphatic hydroxyl groups excluding tert-OH is 2. The SMILES string of the molecule is CCCC/C=C\C/C=C\CCCCCCCC(=O)OCCCCCCCCCCCC(=O)NC(CO)C(O)/C=C/CCCCCCCCCCCCCC. The van der Waals surface area contributed by atoms with Crippen LogP contribution in [0, 0.1) is 0 Å². The number of carbonyl (C=O) groups excluding carboxylic acids is 2. The molecule has 54 heavy (non-hydrogen) atoms. The highest BCUT2D eigenvalue weighted by Crippen LogP contribution is 2.14. The van der Waals surface area contributed by atoms with Gasteiger partial charge >= 0.3 is 5.97 Å². The fourth-order valence-electron chi connectivity index (χ4n) is 6.76. The molecule has 0 aliphatic rings. The van der Waals surface area contributed by atoms with Gasteiger partial charge in [0.1, 0.15) is 0 Å². The second-order valence-electron chi connectivity index (χ2n) is 15.7. The van der Waals surface area contributed by atoms with Gasteiger partial charge in [0.05, 0.1) is 25.4 Å². The number of amides is 1. The molecule has 0 bridgehead atoms. The first kappa shape index (κ1) is 52.1. The molecule has 0 aliphatic heterocycles. The third-order valence-corrected chi connectivity index (χ3v) is 10.4. The molecule has 2 atom stereocenters. The normalized spacial score (nSPS) is 13.0.